The maximum absolute atomic E-state index is 4.65. The van der Waals surface area contributed by atoms with Crippen LogP contribution in [-0.2, 0) is 13.0 Å². The van der Waals surface area contributed by atoms with Gasteiger partial charge in [0.25, 0.3) is 0 Å². The van der Waals surface area contributed by atoms with Crippen molar-refractivity contribution in [1.29, 1.82) is 0 Å². The van der Waals surface area contributed by atoms with E-state index in [1.807, 2.05) is 6.07 Å². The monoisotopic (exact) mass is 253 g/mol. The van der Waals surface area contributed by atoms with Gasteiger partial charge in [-0.1, -0.05) is 24.3 Å². The maximum atomic E-state index is 4.65. The van der Waals surface area contributed by atoms with Crippen LogP contribution in [-0.4, -0.2) is 18.1 Å². The zero-order valence-corrected chi connectivity index (χ0v) is 11.3. The second-order valence-corrected chi connectivity index (χ2v) is 4.84. The van der Waals surface area contributed by atoms with E-state index in [1.54, 1.807) is 0 Å². The van der Waals surface area contributed by atoms with Crippen LogP contribution in [0.3, 0.4) is 0 Å². The Morgan fingerprint density at radius 2 is 2.05 bits per heavy atom. The summed E-state index contributed by atoms with van der Waals surface area (Å²) in [6.45, 7) is 4.97. The van der Waals surface area contributed by atoms with E-state index in [0.29, 0.717) is 0 Å². The van der Waals surface area contributed by atoms with Crippen LogP contribution in [0.1, 0.15) is 18.2 Å². The van der Waals surface area contributed by atoms with Crippen molar-refractivity contribution in [2.75, 3.05) is 23.3 Å². The number of nitrogens with zero attached hydrogens (tertiary/aromatic N) is 2. The maximum Gasteiger partial charge on any atom is 0.126 e. The molecule has 0 atom stereocenters. The molecule has 1 N–H and O–H groups in total. The molecule has 98 valence electrons. The number of nitrogens with one attached hydrogen (secondary N) is 1. The summed E-state index contributed by atoms with van der Waals surface area (Å²) in [5.41, 5.74) is 3.93. The number of rotatable bonds is 4. The summed E-state index contributed by atoms with van der Waals surface area (Å²) >= 11 is 0. The Hall–Kier alpha value is -2.03. The van der Waals surface area contributed by atoms with E-state index in [2.05, 4.69) is 58.5 Å². The summed E-state index contributed by atoms with van der Waals surface area (Å²) in [6.07, 6.45) is 1.14. The molecule has 1 aliphatic heterocycles. The summed E-state index contributed by atoms with van der Waals surface area (Å²) < 4.78 is 0. The van der Waals surface area contributed by atoms with Crippen molar-refractivity contribution in [2.45, 2.75) is 19.9 Å². The third kappa shape index (κ3) is 2.55. The molecule has 0 aliphatic carbocycles. The highest BCUT2D eigenvalue weighted by Crippen LogP contribution is 2.28. The number of hydrogen-bond donors (Lipinski definition) is 1. The first-order valence-electron chi connectivity index (χ1n) is 6.89. The summed E-state index contributed by atoms with van der Waals surface area (Å²) in [7, 11) is 0. The van der Waals surface area contributed by atoms with Gasteiger partial charge in [-0.05, 0) is 37.1 Å². The van der Waals surface area contributed by atoms with Gasteiger partial charge in [-0.15, -0.1) is 0 Å². The predicted octanol–water partition coefficient (Wildman–Crippen LogP) is 3.08. The van der Waals surface area contributed by atoms with Gasteiger partial charge in [0.1, 0.15) is 5.82 Å². The molecule has 0 bridgehead atoms. The van der Waals surface area contributed by atoms with Crippen LogP contribution in [0.2, 0.25) is 0 Å². The van der Waals surface area contributed by atoms with Gasteiger partial charge < -0.3 is 10.2 Å². The van der Waals surface area contributed by atoms with Crippen LogP contribution in [0.25, 0.3) is 0 Å². The predicted molar refractivity (Wildman–Crippen MR) is 79.6 cm³/mol. The number of hydrogen-bond acceptors (Lipinski definition) is 3. The second kappa shape index (κ2) is 5.31. The van der Waals surface area contributed by atoms with Gasteiger partial charge in [0.2, 0.25) is 0 Å². The second-order valence-electron chi connectivity index (χ2n) is 4.84. The van der Waals surface area contributed by atoms with Crippen LogP contribution in [0.4, 0.5) is 11.5 Å². The minimum atomic E-state index is 0.885. The lowest BCUT2D eigenvalue weighted by atomic mass is 10.2. The van der Waals surface area contributed by atoms with Crippen LogP contribution < -0.4 is 10.2 Å². The fourth-order valence-electron chi connectivity index (χ4n) is 2.61. The summed E-state index contributed by atoms with van der Waals surface area (Å²) in [5, 5.41) is 3.26. The molecule has 0 amide bonds. The standard InChI is InChI=1S/C16H19N3/c1-2-17-16-9-5-7-14(18-16)12-19-11-10-13-6-3-4-8-15(13)19/h3-9H,2,10-12H2,1H3,(H,17,18). The molecule has 0 saturated heterocycles. The average Bonchev–Trinajstić information content (AvgIpc) is 2.83. The van der Waals surface area contributed by atoms with Crippen molar-refractivity contribution >= 4 is 11.5 Å². The zero-order valence-electron chi connectivity index (χ0n) is 11.3. The van der Waals surface area contributed by atoms with Crippen molar-refractivity contribution in [2.24, 2.45) is 0 Å². The van der Waals surface area contributed by atoms with Crippen LogP contribution in [0.15, 0.2) is 42.5 Å². The summed E-state index contributed by atoms with van der Waals surface area (Å²) in [5.74, 6) is 0.965. The normalized spacial score (nSPS) is 13.4. The largest absolute Gasteiger partial charge is 0.370 e. The van der Waals surface area contributed by atoms with Gasteiger partial charge in [-0.2, -0.15) is 0 Å². The Morgan fingerprint density at radius 3 is 2.95 bits per heavy atom. The lowest BCUT2D eigenvalue weighted by Gasteiger charge is -2.19. The van der Waals surface area contributed by atoms with Crippen LogP contribution in [0, 0.1) is 0 Å². The number of fused-ring (bicyclic) bond motifs is 1. The van der Waals surface area contributed by atoms with Crippen LogP contribution >= 0.6 is 0 Å². The van der Waals surface area contributed by atoms with E-state index in [1.165, 1.54) is 11.3 Å². The molecule has 0 saturated carbocycles. The number of aromatic nitrogens is 1. The fraction of sp³-hybridized carbons (Fsp3) is 0.312. The Labute approximate surface area is 114 Å². The SMILES string of the molecule is CCNc1cccc(CN2CCc3ccccc32)n1. The minimum Gasteiger partial charge on any atom is -0.370 e. The Bertz CT molecular complexity index is 565. The highest BCUT2D eigenvalue weighted by atomic mass is 15.2. The van der Waals surface area contributed by atoms with E-state index >= 15 is 0 Å². The number of para-hydroxylation sites is 1. The zero-order chi connectivity index (χ0) is 13.1. The summed E-state index contributed by atoms with van der Waals surface area (Å²) in [6, 6.07) is 14.8. The van der Waals surface area contributed by atoms with Gasteiger partial charge in [0, 0.05) is 18.8 Å². The average molecular weight is 253 g/mol. The molecule has 1 aromatic heterocycles. The molecule has 0 fully saturated rings. The smallest absolute Gasteiger partial charge is 0.126 e. The third-order valence-corrected chi connectivity index (χ3v) is 3.50. The first kappa shape index (κ1) is 12.0. The van der Waals surface area contributed by atoms with Crippen LogP contribution in [0.5, 0.6) is 0 Å². The lowest BCUT2D eigenvalue weighted by molar-refractivity contribution is 0.815. The molecule has 1 aliphatic rings. The van der Waals surface area contributed by atoms with Gasteiger partial charge in [0.05, 0.1) is 12.2 Å². The van der Waals surface area contributed by atoms with E-state index in [4.69, 9.17) is 0 Å². The van der Waals surface area contributed by atoms with Gasteiger partial charge >= 0.3 is 0 Å². The highest BCUT2D eigenvalue weighted by Gasteiger charge is 2.18. The summed E-state index contributed by atoms with van der Waals surface area (Å²) in [4.78, 5) is 7.06. The van der Waals surface area contributed by atoms with Crippen molar-refractivity contribution in [1.82, 2.24) is 4.98 Å². The first-order chi connectivity index (χ1) is 9.36. The molecule has 2 heterocycles. The molecular weight excluding hydrogens is 234 g/mol. The van der Waals surface area contributed by atoms with Crippen molar-refractivity contribution < 1.29 is 0 Å². The quantitative estimate of drug-likeness (QED) is 0.907. The van der Waals surface area contributed by atoms with Crippen molar-refractivity contribution in [3.05, 3.63) is 53.7 Å². The van der Waals surface area contributed by atoms with E-state index in [9.17, 15) is 0 Å². The topological polar surface area (TPSA) is 28.2 Å². The van der Waals surface area contributed by atoms with Gasteiger partial charge in [-0.25, -0.2) is 4.98 Å². The Balaban J connectivity index is 1.77. The lowest BCUT2D eigenvalue weighted by Crippen LogP contribution is -2.20. The highest BCUT2D eigenvalue weighted by molar-refractivity contribution is 5.57. The number of pyridine rings is 1. The molecule has 2 aromatic rings. The van der Waals surface area contributed by atoms with Gasteiger partial charge in [0.15, 0.2) is 0 Å². The third-order valence-electron chi connectivity index (χ3n) is 3.50. The van der Waals surface area contributed by atoms with Crippen molar-refractivity contribution in [3.63, 3.8) is 0 Å². The molecule has 3 rings (SSSR count). The fourth-order valence-corrected chi connectivity index (χ4v) is 2.61. The first-order valence-corrected chi connectivity index (χ1v) is 6.89. The molecule has 0 radical (unpaired) electrons. The van der Waals surface area contributed by atoms with E-state index < -0.39 is 0 Å². The van der Waals surface area contributed by atoms with Gasteiger partial charge in [-0.3, -0.25) is 0 Å². The molecule has 0 spiro atoms. The number of anilines is 2. The van der Waals surface area contributed by atoms with Crippen molar-refractivity contribution in [3.8, 4) is 0 Å². The molecule has 0 unspecified atom stereocenters. The number of benzene rings is 1. The molecular formula is C16H19N3. The molecule has 19 heavy (non-hydrogen) atoms. The Kier molecular flexibility index (Phi) is 3.36. The van der Waals surface area contributed by atoms with E-state index in [-0.39, 0.29) is 0 Å². The molecule has 1 aromatic carbocycles. The van der Waals surface area contributed by atoms with E-state index in [0.717, 1.165) is 37.6 Å². The molecule has 3 nitrogen and oxygen atoms in total. The Morgan fingerprint density at radius 1 is 1.16 bits per heavy atom. The molecule has 3 heteroatoms. The minimum absolute atomic E-state index is 0.885.